The standard InChI is InChI=1S/C20H30O4/c1-19(13-23-14-19)7-9-21-11-17-3-5-18(6-4-17)12-22-10-8-20(2)15-24-16-20/h3-6H,7-16H2,1-2H3. The van der Waals surface area contributed by atoms with Crippen molar-refractivity contribution in [1.29, 1.82) is 0 Å². The average molecular weight is 334 g/mol. The summed E-state index contributed by atoms with van der Waals surface area (Å²) in [6, 6.07) is 8.53. The van der Waals surface area contributed by atoms with Crippen molar-refractivity contribution in [3.05, 3.63) is 35.4 Å². The van der Waals surface area contributed by atoms with Crippen LogP contribution in [0.3, 0.4) is 0 Å². The molecule has 0 aromatic heterocycles. The first kappa shape index (κ1) is 17.9. The van der Waals surface area contributed by atoms with Crippen LogP contribution in [0.5, 0.6) is 0 Å². The van der Waals surface area contributed by atoms with Gasteiger partial charge in [-0.15, -0.1) is 0 Å². The fraction of sp³-hybridized carbons (Fsp3) is 0.700. The minimum Gasteiger partial charge on any atom is -0.380 e. The molecule has 2 heterocycles. The van der Waals surface area contributed by atoms with E-state index in [9.17, 15) is 0 Å². The Morgan fingerprint density at radius 2 is 1.12 bits per heavy atom. The lowest BCUT2D eigenvalue weighted by atomic mass is 9.85. The first-order valence-corrected chi connectivity index (χ1v) is 8.96. The molecule has 0 spiro atoms. The maximum Gasteiger partial charge on any atom is 0.0716 e. The highest BCUT2D eigenvalue weighted by atomic mass is 16.5. The summed E-state index contributed by atoms with van der Waals surface area (Å²) < 4.78 is 22.1. The van der Waals surface area contributed by atoms with E-state index >= 15 is 0 Å². The topological polar surface area (TPSA) is 36.9 Å². The van der Waals surface area contributed by atoms with Gasteiger partial charge in [0, 0.05) is 24.0 Å². The Balaban J connectivity index is 1.28. The van der Waals surface area contributed by atoms with E-state index in [1.54, 1.807) is 0 Å². The zero-order valence-electron chi connectivity index (χ0n) is 15.0. The van der Waals surface area contributed by atoms with Crippen molar-refractivity contribution in [2.75, 3.05) is 39.6 Å². The molecule has 134 valence electrons. The van der Waals surface area contributed by atoms with Crippen LogP contribution in [0.15, 0.2) is 24.3 Å². The summed E-state index contributed by atoms with van der Waals surface area (Å²) in [5.41, 5.74) is 3.11. The molecule has 2 aliphatic heterocycles. The molecule has 4 heteroatoms. The summed E-state index contributed by atoms with van der Waals surface area (Å²) in [7, 11) is 0. The molecule has 0 aliphatic carbocycles. The summed E-state index contributed by atoms with van der Waals surface area (Å²) in [5, 5.41) is 0. The molecule has 0 atom stereocenters. The Morgan fingerprint density at radius 1 is 0.750 bits per heavy atom. The molecule has 0 unspecified atom stereocenters. The Morgan fingerprint density at radius 3 is 1.42 bits per heavy atom. The number of rotatable bonds is 10. The molecule has 2 aliphatic rings. The largest absolute Gasteiger partial charge is 0.380 e. The Labute approximate surface area is 145 Å². The molecule has 24 heavy (non-hydrogen) atoms. The normalized spacial score (nSPS) is 21.1. The average Bonchev–Trinajstić information content (AvgIpc) is 2.53. The maximum atomic E-state index is 5.79. The van der Waals surface area contributed by atoms with E-state index < -0.39 is 0 Å². The van der Waals surface area contributed by atoms with Gasteiger partial charge in [0.15, 0.2) is 0 Å². The molecule has 0 radical (unpaired) electrons. The van der Waals surface area contributed by atoms with E-state index in [-0.39, 0.29) is 0 Å². The minimum atomic E-state index is 0.337. The van der Waals surface area contributed by atoms with Gasteiger partial charge in [0.25, 0.3) is 0 Å². The van der Waals surface area contributed by atoms with Crippen molar-refractivity contribution in [3.8, 4) is 0 Å². The summed E-state index contributed by atoms with van der Waals surface area (Å²) >= 11 is 0. The Bertz CT molecular complexity index is 456. The molecule has 1 aromatic rings. The first-order valence-electron chi connectivity index (χ1n) is 8.96. The van der Waals surface area contributed by atoms with E-state index in [1.165, 1.54) is 11.1 Å². The van der Waals surface area contributed by atoms with Crippen LogP contribution in [0.25, 0.3) is 0 Å². The zero-order chi connectivity index (χ0) is 16.9. The van der Waals surface area contributed by atoms with Crippen LogP contribution in [-0.2, 0) is 32.2 Å². The third kappa shape index (κ3) is 5.03. The summed E-state index contributed by atoms with van der Waals surface area (Å²) in [6.07, 6.45) is 2.14. The van der Waals surface area contributed by atoms with Crippen LogP contribution in [0.2, 0.25) is 0 Å². The van der Waals surface area contributed by atoms with Gasteiger partial charge in [0.1, 0.15) is 0 Å². The number of hydrogen-bond donors (Lipinski definition) is 0. The molecular weight excluding hydrogens is 304 g/mol. The van der Waals surface area contributed by atoms with E-state index in [2.05, 4.69) is 38.1 Å². The second-order valence-corrected chi connectivity index (χ2v) is 8.03. The fourth-order valence-corrected chi connectivity index (χ4v) is 2.94. The van der Waals surface area contributed by atoms with Gasteiger partial charge in [-0.05, 0) is 24.0 Å². The summed E-state index contributed by atoms with van der Waals surface area (Å²) in [5.74, 6) is 0. The highest BCUT2D eigenvalue weighted by Crippen LogP contribution is 2.31. The van der Waals surface area contributed by atoms with Crippen molar-refractivity contribution in [1.82, 2.24) is 0 Å². The molecule has 0 N–H and O–H groups in total. The molecule has 1 aromatic carbocycles. The van der Waals surface area contributed by atoms with Crippen molar-refractivity contribution in [2.45, 2.75) is 39.9 Å². The van der Waals surface area contributed by atoms with E-state index in [1.807, 2.05) is 0 Å². The van der Waals surface area contributed by atoms with Gasteiger partial charge in [-0.2, -0.15) is 0 Å². The van der Waals surface area contributed by atoms with Crippen LogP contribution in [0.4, 0.5) is 0 Å². The summed E-state index contributed by atoms with van der Waals surface area (Å²) in [4.78, 5) is 0. The minimum absolute atomic E-state index is 0.337. The maximum absolute atomic E-state index is 5.79. The van der Waals surface area contributed by atoms with Gasteiger partial charge >= 0.3 is 0 Å². The number of ether oxygens (including phenoxy) is 4. The molecule has 3 rings (SSSR count). The van der Waals surface area contributed by atoms with Crippen molar-refractivity contribution < 1.29 is 18.9 Å². The third-order valence-corrected chi connectivity index (χ3v) is 5.06. The van der Waals surface area contributed by atoms with Crippen LogP contribution in [0, 0.1) is 10.8 Å². The molecule has 4 nitrogen and oxygen atoms in total. The predicted octanol–water partition coefficient (Wildman–Crippen LogP) is 3.57. The van der Waals surface area contributed by atoms with E-state index in [4.69, 9.17) is 18.9 Å². The van der Waals surface area contributed by atoms with Gasteiger partial charge in [0.05, 0.1) is 39.6 Å². The Kier molecular flexibility index (Phi) is 5.93. The van der Waals surface area contributed by atoms with Crippen molar-refractivity contribution >= 4 is 0 Å². The predicted molar refractivity (Wildman–Crippen MR) is 92.8 cm³/mol. The van der Waals surface area contributed by atoms with E-state index in [0.717, 1.165) is 52.5 Å². The fourth-order valence-electron chi connectivity index (χ4n) is 2.94. The molecule has 0 bridgehead atoms. The second-order valence-electron chi connectivity index (χ2n) is 8.03. The van der Waals surface area contributed by atoms with Crippen LogP contribution >= 0.6 is 0 Å². The van der Waals surface area contributed by atoms with Gasteiger partial charge in [-0.1, -0.05) is 38.1 Å². The monoisotopic (exact) mass is 334 g/mol. The highest BCUT2D eigenvalue weighted by Gasteiger charge is 2.33. The lowest BCUT2D eigenvalue weighted by molar-refractivity contribution is -0.115. The van der Waals surface area contributed by atoms with Crippen LogP contribution in [0.1, 0.15) is 37.8 Å². The van der Waals surface area contributed by atoms with Crippen molar-refractivity contribution in [3.63, 3.8) is 0 Å². The smallest absolute Gasteiger partial charge is 0.0716 e. The SMILES string of the molecule is CC1(CCOCc2ccc(COCCC3(C)COC3)cc2)COC1. The third-order valence-electron chi connectivity index (χ3n) is 5.06. The summed E-state index contributed by atoms with van der Waals surface area (Å²) in [6.45, 7) is 11.0. The van der Waals surface area contributed by atoms with Gasteiger partial charge in [0.2, 0.25) is 0 Å². The van der Waals surface area contributed by atoms with Crippen molar-refractivity contribution in [2.24, 2.45) is 10.8 Å². The molecular formula is C20H30O4. The Hall–Kier alpha value is -0.940. The zero-order valence-corrected chi connectivity index (χ0v) is 15.0. The van der Waals surface area contributed by atoms with Crippen LogP contribution in [-0.4, -0.2) is 39.6 Å². The molecule has 0 amide bonds. The second kappa shape index (κ2) is 7.96. The lowest BCUT2D eigenvalue weighted by Gasteiger charge is -2.38. The quantitative estimate of drug-likeness (QED) is 0.613. The molecule has 2 saturated heterocycles. The van der Waals surface area contributed by atoms with Gasteiger partial charge in [-0.3, -0.25) is 0 Å². The number of benzene rings is 1. The highest BCUT2D eigenvalue weighted by molar-refractivity contribution is 5.21. The molecule has 0 saturated carbocycles. The van der Waals surface area contributed by atoms with Gasteiger partial charge in [-0.25, -0.2) is 0 Å². The van der Waals surface area contributed by atoms with Gasteiger partial charge < -0.3 is 18.9 Å². The number of hydrogen-bond acceptors (Lipinski definition) is 4. The van der Waals surface area contributed by atoms with E-state index in [0.29, 0.717) is 24.0 Å². The van der Waals surface area contributed by atoms with Crippen LogP contribution < -0.4 is 0 Å². The molecule has 2 fully saturated rings. The lowest BCUT2D eigenvalue weighted by Crippen LogP contribution is -2.40. The first-order chi connectivity index (χ1) is 11.6.